The van der Waals surface area contributed by atoms with Gasteiger partial charge in [0.2, 0.25) is 0 Å². The molecule has 5 rings (SSSR count). The van der Waals surface area contributed by atoms with E-state index in [2.05, 4.69) is 20.8 Å². The lowest BCUT2D eigenvalue weighted by Crippen LogP contribution is -2.56. The fraction of sp³-hybridized carbons (Fsp3) is 0.742. The van der Waals surface area contributed by atoms with Crippen molar-refractivity contribution in [2.24, 2.45) is 51.2 Å². The number of ether oxygens (including phenoxy) is 1. The molecule has 196 valence electrons. The SMILES string of the molecule is COC(=O)C12CCC(C)CC1C1C(=O)C=C3C4C=C(C=O)C(=O)C(C)(C)C4CCC3(C)C[C@]1(C)CC2. The number of ketones is 2. The van der Waals surface area contributed by atoms with Crippen LogP contribution in [0.3, 0.4) is 0 Å². The van der Waals surface area contributed by atoms with E-state index < -0.39 is 10.8 Å². The van der Waals surface area contributed by atoms with Crippen LogP contribution < -0.4 is 0 Å². The summed E-state index contributed by atoms with van der Waals surface area (Å²) in [4.78, 5) is 52.5. The number of rotatable bonds is 2. The molecule has 0 radical (unpaired) electrons. The van der Waals surface area contributed by atoms with E-state index in [1.807, 2.05) is 26.0 Å². The molecule has 8 atom stereocenters. The van der Waals surface area contributed by atoms with Crippen molar-refractivity contribution in [2.45, 2.75) is 86.0 Å². The summed E-state index contributed by atoms with van der Waals surface area (Å²) in [5.74, 6) is 0.168. The number of carbonyl (C=O) groups is 4. The van der Waals surface area contributed by atoms with Crippen LogP contribution in [-0.2, 0) is 23.9 Å². The van der Waals surface area contributed by atoms with E-state index in [-0.39, 0.29) is 57.6 Å². The second kappa shape index (κ2) is 8.23. The first kappa shape index (κ1) is 25.6. The molecule has 5 aliphatic carbocycles. The lowest BCUT2D eigenvalue weighted by atomic mass is 9.45. The van der Waals surface area contributed by atoms with Crippen LogP contribution in [0.1, 0.15) is 86.0 Å². The van der Waals surface area contributed by atoms with Crippen molar-refractivity contribution in [1.82, 2.24) is 0 Å². The van der Waals surface area contributed by atoms with Crippen LogP contribution in [-0.4, -0.2) is 30.9 Å². The van der Waals surface area contributed by atoms with Crippen LogP contribution in [0.5, 0.6) is 0 Å². The molecule has 3 saturated carbocycles. The summed E-state index contributed by atoms with van der Waals surface area (Å²) in [6, 6.07) is 0. The zero-order chi connectivity index (χ0) is 26.3. The Morgan fingerprint density at radius 2 is 1.75 bits per heavy atom. The summed E-state index contributed by atoms with van der Waals surface area (Å²) in [5, 5.41) is 0. The number of fused-ring (bicyclic) bond motifs is 6. The molecule has 36 heavy (non-hydrogen) atoms. The fourth-order valence-electron chi connectivity index (χ4n) is 9.61. The average molecular weight is 495 g/mol. The third kappa shape index (κ3) is 3.40. The molecular formula is C31H42O5. The standard InChI is InChI=1S/C31H42O5/c1-18-7-10-31(27(35)36-6)12-11-30(5)17-29(4)9-8-21-20(14-19(16-32)26(34)28(21,2)3)22(29)15-24(33)25(30)23(31)13-18/h14-16,18,20-21,23,25H,7-13,17H2,1-6H3/t18?,20?,21?,23?,25?,29?,30-,31?/m0/s1. The zero-order valence-electron chi connectivity index (χ0n) is 22.8. The van der Waals surface area contributed by atoms with Gasteiger partial charge < -0.3 is 4.74 Å². The number of aldehydes is 1. The molecule has 5 heteroatoms. The monoisotopic (exact) mass is 494 g/mol. The molecule has 5 aliphatic rings. The van der Waals surface area contributed by atoms with Crippen molar-refractivity contribution in [3.8, 4) is 0 Å². The Kier molecular flexibility index (Phi) is 5.85. The van der Waals surface area contributed by atoms with Gasteiger partial charge in [-0.1, -0.05) is 46.3 Å². The van der Waals surface area contributed by atoms with Gasteiger partial charge in [0.1, 0.15) is 0 Å². The fourth-order valence-corrected chi connectivity index (χ4v) is 9.61. The van der Waals surface area contributed by atoms with Gasteiger partial charge in [-0.2, -0.15) is 0 Å². The highest BCUT2D eigenvalue weighted by atomic mass is 16.5. The summed E-state index contributed by atoms with van der Waals surface area (Å²) >= 11 is 0. The summed E-state index contributed by atoms with van der Waals surface area (Å²) in [5.41, 5.74) is -0.227. The zero-order valence-corrected chi connectivity index (χ0v) is 22.8. The minimum Gasteiger partial charge on any atom is -0.469 e. The van der Waals surface area contributed by atoms with Crippen molar-refractivity contribution in [3.63, 3.8) is 0 Å². The van der Waals surface area contributed by atoms with Gasteiger partial charge in [0.25, 0.3) is 0 Å². The number of carbonyl (C=O) groups excluding carboxylic acids is 4. The van der Waals surface area contributed by atoms with Gasteiger partial charge in [0.05, 0.1) is 18.1 Å². The maximum atomic E-state index is 14.3. The number of allylic oxidation sites excluding steroid dienone is 4. The maximum Gasteiger partial charge on any atom is 0.312 e. The molecule has 5 nitrogen and oxygen atoms in total. The molecule has 0 aliphatic heterocycles. The third-order valence-corrected chi connectivity index (χ3v) is 11.5. The molecule has 0 bridgehead atoms. The van der Waals surface area contributed by atoms with E-state index in [1.54, 1.807) is 0 Å². The number of hydrogen-bond acceptors (Lipinski definition) is 5. The van der Waals surface area contributed by atoms with Crippen LogP contribution in [0.15, 0.2) is 23.3 Å². The molecule has 0 aromatic rings. The summed E-state index contributed by atoms with van der Waals surface area (Å²) in [7, 11) is 1.48. The Labute approximate surface area is 215 Å². The Balaban J connectivity index is 1.63. The van der Waals surface area contributed by atoms with Crippen molar-refractivity contribution in [1.29, 1.82) is 0 Å². The minimum absolute atomic E-state index is 0.0122. The van der Waals surface area contributed by atoms with Crippen molar-refractivity contribution in [2.75, 3.05) is 7.11 Å². The molecule has 0 aromatic heterocycles. The van der Waals surface area contributed by atoms with E-state index in [0.29, 0.717) is 12.2 Å². The second-order valence-corrected chi connectivity index (χ2v) is 14.0. The van der Waals surface area contributed by atoms with Crippen molar-refractivity contribution in [3.05, 3.63) is 23.3 Å². The van der Waals surface area contributed by atoms with E-state index >= 15 is 0 Å². The first-order valence-corrected chi connectivity index (χ1v) is 13.9. The van der Waals surface area contributed by atoms with E-state index in [4.69, 9.17) is 4.74 Å². The predicted molar refractivity (Wildman–Crippen MR) is 137 cm³/mol. The summed E-state index contributed by atoms with van der Waals surface area (Å²) < 4.78 is 5.37. The molecule has 0 aromatic carbocycles. The van der Waals surface area contributed by atoms with Crippen LogP contribution in [0.2, 0.25) is 0 Å². The Bertz CT molecular complexity index is 1080. The smallest absolute Gasteiger partial charge is 0.312 e. The van der Waals surface area contributed by atoms with E-state index in [9.17, 15) is 19.2 Å². The molecule has 0 heterocycles. The van der Waals surface area contributed by atoms with Crippen LogP contribution in [0.25, 0.3) is 0 Å². The minimum atomic E-state index is -0.636. The van der Waals surface area contributed by atoms with Crippen molar-refractivity contribution < 1.29 is 23.9 Å². The van der Waals surface area contributed by atoms with Crippen molar-refractivity contribution >= 4 is 23.8 Å². The first-order valence-electron chi connectivity index (χ1n) is 13.9. The molecule has 3 fully saturated rings. The number of hydrogen-bond donors (Lipinski definition) is 0. The lowest BCUT2D eigenvalue weighted by Gasteiger charge is -2.58. The second-order valence-electron chi connectivity index (χ2n) is 14.0. The van der Waals surface area contributed by atoms with Gasteiger partial charge in [-0.15, -0.1) is 0 Å². The average Bonchev–Trinajstić information content (AvgIpc) is 2.91. The van der Waals surface area contributed by atoms with Gasteiger partial charge in [-0.05, 0) is 86.0 Å². The lowest BCUT2D eigenvalue weighted by molar-refractivity contribution is -0.176. The number of esters is 1. The highest BCUT2D eigenvalue weighted by molar-refractivity contribution is 6.15. The first-order chi connectivity index (χ1) is 16.8. The number of Topliss-reactive ketones (excluding diaryl/α,β-unsaturated/α-hetero) is 1. The molecule has 0 spiro atoms. The quantitative estimate of drug-likeness (QED) is 0.281. The number of methoxy groups -OCH3 is 1. The largest absolute Gasteiger partial charge is 0.469 e. The molecule has 7 unspecified atom stereocenters. The highest BCUT2D eigenvalue weighted by Crippen LogP contribution is 2.67. The van der Waals surface area contributed by atoms with Gasteiger partial charge in [-0.25, -0.2) is 0 Å². The Morgan fingerprint density at radius 1 is 1.03 bits per heavy atom. The van der Waals surface area contributed by atoms with Gasteiger partial charge in [0.15, 0.2) is 17.9 Å². The topological polar surface area (TPSA) is 77.5 Å². The molecule has 0 saturated heterocycles. The van der Waals surface area contributed by atoms with Crippen LogP contribution in [0, 0.1) is 51.2 Å². The highest BCUT2D eigenvalue weighted by Gasteiger charge is 2.64. The molecule has 0 amide bonds. The maximum absolute atomic E-state index is 14.3. The van der Waals surface area contributed by atoms with E-state index in [0.717, 1.165) is 56.9 Å². The molecule has 0 N–H and O–H groups in total. The summed E-state index contributed by atoms with van der Waals surface area (Å²) in [6.45, 7) is 10.7. The van der Waals surface area contributed by atoms with Gasteiger partial charge >= 0.3 is 5.97 Å². The molecular weight excluding hydrogens is 452 g/mol. The Hall–Kier alpha value is -2.04. The normalized spacial score (nSPS) is 45.6. The van der Waals surface area contributed by atoms with Crippen LogP contribution in [0.4, 0.5) is 0 Å². The predicted octanol–water partition coefficient (Wildman–Crippen LogP) is 5.66. The Morgan fingerprint density at radius 3 is 2.42 bits per heavy atom. The van der Waals surface area contributed by atoms with Gasteiger partial charge in [0, 0.05) is 17.3 Å². The van der Waals surface area contributed by atoms with E-state index in [1.165, 1.54) is 7.11 Å². The van der Waals surface area contributed by atoms with Gasteiger partial charge in [-0.3, -0.25) is 19.2 Å². The summed E-state index contributed by atoms with van der Waals surface area (Å²) in [6.07, 6.45) is 11.5. The third-order valence-electron chi connectivity index (χ3n) is 11.5. The van der Waals surface area contributed by atoms with Crippen LogP contribution >= 0.6 is 0 Å².